The third-order valence-electron chi connectivity index (χ3n) is 3.86. The smallest absolute Gasteiger partial charge is 0.317 e. The van der Waals surface area contributed by atoms with Crippen molar-refractivity contribution in [3.63, 3.8) is 0 Å². The Kier molecular flexibility index (Phi) is 10.1. The lowest BCUT2D eigenvalue weighted by atomic mass is 9.97. The predicted molar refractivity (Wildman–Crippen MR) is 106 cm³/mol. The molecule has 2 aromatic rings. The van der Waals surface area contributed by atoms with Crippen molar-refractivity contribution in [3.05, 3.63) is 53.6 Å². The van der Waals surface area contributed by atoms with E-state index in [4.69, 9.17) is 15.6 Å². The highest BCUT2D eigenvalue weighted by molar-refractivity contribution is 5.69. The van der Waals surface area contributed by atoms with Crippen molar-refractivity contribution in [2.24, 2.45) is 11.5 Å². The maximum atomic E-state index is 9.24. The minimum absolute atomic E-state index is 0.278. The van der Waals surface area contributed by atoms with E-state index in [1.54, 1.807) is 0 Å². The Morgan fingerprint density at radius 2 is 1.73 bits per heavy atom. The number of aryl methyl sites for hydroxylation is 2. The topological polar surface area (TPSA) is 98.6 Å². The number of unbranched alkanes of at least 4 members (excludes halogenated alkanes) is 1. The van der Waals surface area contributed by atoms with Gasteiger partial charge in [-0.3, -0.25) is 4.79 Å². The van der Waals surface area contributed by atoms with Crippen molar-refractivity contribution in [1.29, 1.82) is 0 Å². The lowest BCUT2D eigenvalue weighted by Crippen LogP contribution is -2.10. The van der Waals surface area contributed by atoms with Gasteiger partial charge in [0.05, 0.1) is 13.2 Å². The molecule has 5 heteroatoms. The number of ether oxygens (including phenoxy) is 1. The molecule has 2 rings (SSSR count). The van der Waals surface area contributed by atoms with Gasteiger partial charge in [-0.25, -0.2) is 0 Å². The van der Waals surface area contributed by atoms with Gasteiger partial charge in [0.15, 0.2) is 0 Å². The van der Waals surface area contributed by atoms with Crippen LogP contribution in [0.1, 0.15) is 30.9 Å². The van der Waals surface area contributed by atoms with Gasteiger partial charge in [0.25, 0.3) is 0 Å². The summed E-state index contributed by atoms with van der Waals surface area (Å²) < 4.78 is 5.80. The summed E-state index contributed by atoms with van der Waals surface area (Å²) in [5.41, 5.74) is 15.3. The van der Waals surface area contributed by atoms with Crippen molar-refractivity contribution in [3.8, 4) is 16.9 Å². The van der Waals surface area contributed by atoms with E-state index in [0.717, 1.165) is 38.2 Å². The van der Waals surface area contributed by atoms with Gasteiger partial charge in [-0.15, -0.1) is 0 Å². The molecular weight excluding hydrogens is 328 g/mol. The summed E-state index contributed by atoms with van der Waals surface area (Å²) >= 11 is 0. The van der Waals surface area contributed by atoms with E-state index in [-0.39, 0.29) is 6.54 Å². The van der Waals surface area contributed by atoms with Gasteiger partial charge in [0.1, 0.15) is 5.75 Å². The Bertz CT molecular complexity index is 669. The monoisotopic (exact) mass is 358 g/mol. The fourth-order valence-corrected chi connectivity index (χ4v) is 2.40. The molecule has 26 heavy (non-hydrogen) atoms. The van der Waals surface area contributed by atoms with E-state index in [0.29, 0.717) is 0 Å². The number of hydrogen-bond donors (Lipinski definition) is 3. The van der Waals surface area contributed by atoms with Crippen LogP contribution in [-0.4, -0.2) is 30.8 Å². The molecule has 0 atom stereocenters. The van der Waals surface area contributed by atoms with Crippen LogP contribution < -0.4 is 16.2 Å². The van der Waals surface area contributed by atoms with E-state index in [9.17, 15) is 4.79 Å². The lowest BCUT2D eigenvalue weighted by molar-refractivity contribution is -0.135. The van der Waals surface area contributed by atoms with Crippen molar-refractivity contribution >= 4 is 5.97 Å². The first kappa shape index (κ1) is 21.7. The van der Waals surface area contributed by atoms with Crippen LogP contribution in [0.3, 0.4) is 0 Å². The number of benzene rings is 2. The normalized spacial score (nSPS) is 10.0. The summed E-state index contributed by atoms with van der Waals surface area (Å²) in [5.74, 6) is -0.00951. The van der Waals surface area contributed by atoms with Gasteiger partial charge in [-0.1, -0.05) is 42.8 Å². The highest BCUT2D eigenvalue weighted by Crippen LogP contribution is 2.28. The molecule has 0 aliphatic rings. The van der Waals surface area contributed by atoms with Gasteiger partial charge in [0, 0.05) is 0 Å². The maximum absolute atomic E-state index is 9.24. The number of carboxylic acid groups (broad SMARTS) is 1. The minimum atomic E-state index is -0.968. The highest BCUT2D eigenvalue weighted by atomic mass is 16.5. The first-order valence-corrected chi connectivity index (χ1v) is 8.96. The molecule has 142 valence electrons. The molecule has 0 amide bonds. The van der Waals surface area contributed by atoms with Gasteiger partial charge >= 0.3 is 5.97 Å². The van der Waals surface area contributed by atoms with Gasteiger partial charge in [-0.2, -0.15) is 0 Å². The lowest BCUT2D eigenvalue weighted by Gasteiger charge is -2.12. The summed E-state index contributed by atoms with van der Waals surface area (Å²) in [6.45, 7) is 5.49. The molecule has 0 saturated carbocycles. The second kappa shape index (κ2) is 12.1. The summed E-state index contributed by atoms with van der Waals surface area (Å²) in [4.78, 5) is 9.24. The number of nitrogens with two attached hydrogens (primary N) is 2. The van der Waals surface area contributed by atoms with E-state index in [1.807, 2.05) is 0 Å². The number of hydrogen-bond acceptors (Lipinski definition) is 4. The molecule has 0 fully saturated rings. The van der Waals surface area contributed by atoms with Gasteiger partial charge in [-0.05, 0) is 61.6 Å². The fraction of sp³-hybridized carbons (Fsp3) is 0.381. The zero-order chi connectivity index (χ0) is 19.4. The summed E-state index contributed by atoms with van der Waals surface area (Å²) in [6, 6.07) is 15.1. The molecule has 0 aliphatic carbocycles. The van der Waals surface area contributed by atoms with Crippen molar-refractivity contribution < 1.29 is 14.6 Å². The fourth-order valence-electron chi connectivity index (χ4n) is 2.40. The largest absolute Gasteiger partial charge is 0.494 e. The van der Waals surface area contributed by atoms with Crippen LogP contribution in [0, 0.1) is 6.92 Å². The quantitative estimate of drug-likeness (QED) is 0.628. The molecular formula is C21H30N2O3. The van der Waals surface area contributed by atoms with Crippen molar-refractivity contribution in [1.82, 2.24) is 0 Å². The molecule has 5 N–H and O–H groups in total. The number of aliphatic carboxylic acids is 1. The minimum Gasteiger partial charge on any atom is -0.494 e. The molecule has 0 aliphatic heterocycles. The molecule has 2 aromatic carbocycles. The van der Waals surface area contributed by atoms with E-state index in [1.165, 1.54) is 22.3 Å². The van der Waals surface area contributed by atoms with Crippen molar-refractivity contribution in [2.75, 3.05) is 19.7 Å². The highest BCUT2D eigenvalue weighted by Gasteiger charge is 2.06. The van der Waals surface area contributed by atoms with E-state index >= 15 is 0 Å². The van der Waals surface area contributed by atoms with Crippen LogP contribution in [0.15, 0.2) is 42.5 Å². The maximum Gasteiger partial charge on any atom is 0.317 e. The average molecular weight is 358 g/mol. The molecule has 0 aromatic heterocycles. The van der Waals surface area contributed by atoms with Crippen LogP contribution in [0.25, 0.3) is 11.1 Å². The van der Waals surface area contributed by atoms with Gasteiger partial charge < -0.3 is 21.3 Å². The van der Waals surface area contributed by atoms with E-state index in [2.05, 4.69) is 62.0 Å². The SMILES string of the molecule is CCc1cc(OCCCCN)ccc1-c1ccc(C)cc1.NCC(=O)O. The summed E-state index contributed by atoms with van der Waals surface area (Å²) in [6.07, 6.45) is 3.03. The molecule has 5 nitrogen and oxygen atoms in total. The van der Waals surface area contributed by atoms with Crippen LogP contribution in [0.5, 0.6) is 5.75 Å². The molecule has 0 spiro atoms. The Morgan fingerprint density at radius 3 is 2.27 bits per heavy atom. The predicted octanol–water partition coefficient (Wildman–Crippen LogP) is 3.37. The molecule has 0 heterocycles. The first-order valence-electron chi connectivity index (χ1n) is 8.96. The molecule has 0 radical (unpaired) electrons. The zero-order valence-electron chi connectivity index (χ0n) is 15.7. The standard InChI is InChI=1S/C19H25NO.C2H5NO2/c1-3-16-14-18(21-13-5-4-12-20)10-11-19(16)17-8-6-15(2)7-9-17;3-1-2(4)5/h6-11,14H,3-5,12-13,20H2,1-2H3;1,3H2,(H,4,5). The summed E-state index contributed by atoms with van der Waals surface area (Å²) in [5, 5.41) is 7.60. The van der Waals surface area contributed by atoms with Crippen LogP contribution >= 0.6 is 0 Å². The zero-order valence-corrected chi connectivity index (χ0v) is 15.7. The van der Waals surface area contributed by atoms with Crippen LogP contribution in [0.4, 0.5) is 0 Å². The Hall–Kier alpha value is -2.37. The number of carboxylic acids is 1. The van der Waals surface area contributed by atoms with Crippen molar-refractivity contribution in [2.45, 2.75) is 33.1 Å². The second-order valence-electron chi connectivity index (χ2n) is 5.98. The van der Waals surface area contributed by atoms with Crippen LogP contribution in [0.2, 0.25) is 0 Å². The summed E-state index contributed by atoms with van der Waals surface area (Å²) in [7, 11) is 0. The third kappa shape index (κ3) is 7.68. The van der Waals surface area contributed by atoms with Crippen LogP contribution in [-0.2, 0) is 11.2 Å². The molecule has 0 saturated heterocycles. The number of carbonyl (C=O) groups is 1. The number of rotatable bonds is 8. The third-order valence-corrected chi connectivity index (χ3v) is 3.86. The van der Waals surface area contributed by atoms with E-state index < -0.39 is 5.97 Å². The van der Waals surface area contributed by atoms with Gasteiger partial charge in [0.2, 0.25) is 0 Å². The molecule has 0 unspecified atom stereocenters. The Labute approximate surface area is 156 Å². The molecule has 0 bridgehead atoms. The first-order chi connectivity index (χ1) is 12.5. The Morgan fingerprint density at radius 1 is 1.08 bits per heavy atom. The Balaban J connectivity index is 0.000000597. The second-order valence-corrected chi connectivity index (χ2v) is 5.98. The average Bonchev–Trinajstić information content (AvgIpc) is 2.66.